The molecule has 0 spiro atoms. The van der Waals surface area contributed by atoms with E-state index in [0.29, 0.717) is 0 Å². The summed E-state index contributed by atoms with van der Waals surface area (Å²) in [6.45, 7) is 0. The number of halogens is 1. The molecule has 0 fully saturated rings. The third-order valence-electron chi connectivity index (χ3n) is 5.34. The molecule has 1 aromatic carbocycles. The fourth-order valence-electron chi connectivity index (χ4n) is 3.92. The molecule has 0 radical (unpaired) electrons. The minimum absolute atomic E-state index is 0. The topological polar surface area (TPSA) is 57.4 Å². The molecule has 4 aromatic rings. The number of rotatable bonds is 1. The predicted molar refractivity (Wildman–Crippen MR) is 131 cm³/mol. The molecule has 6 rings (SSSR count). The van der Waals surface area contributed by atoms with Crippen molar-refractivity contribution >= 4 is 60.2 Å². The number of H-pyrrole nitrogens is 2. The van der Waals surface area contributed by atoms with Gasteiger partial charge in [0.25, 0.3) is 0 Å². The van der Waals surface area contributed by atoms with E-state index in [1.807, 2.05) is 42.5 Å². The largest absolute Gasteiger partial charge is 0.355 e. The fraction of sp³-hybridized carbons (Fsp3) is 0. The van der Waals surface area contributed by atoms with Crippen molar-refractivity contribution in [3.63, 3.8) is 0 Å². The van der Waals surface area contributed by atoms with Crippen molar-refractivity contribution in [3.8, 4) is 0 Å². The smallest absolute Gasteiger partial charge is 0.0807 e. The molecule has 2 aliphatic rings. The first-order valence-electron chi connectivity index (χ1n) is 10.0. The molecule has 0 unspecified atom stereocenters. The van der Waals surface area contributed by atoms with Crippen molar-refractivity contribution in [2.24, 2.45) is 0 Å². The Kier molecular flexibility index (Phi) is 5.54. The molecule has 0 aliphatic carbocycles. The van der Waals surface area contributed by atoms with Gasteiger partial charge < -0.3 is 9.97 Å². The summed E-state index contributed by atoms with van der Waals surface area (Å²) >= 11 is 3.81. The van der Waals surface area contributed by atoms with Gasteiger partial charge in [0, 0.05) is 48.7 Å². The van der Waals surface area contributed by atoms with Crippen LogP contribution in [0.2, 0.25) is 0 Å². The molecule has 2 aliphatic heterocycles. The number of hydrogen-bond acceptors (Lipinski definition) is 2. The Hall–Kier alpha value is -3.01. The molecule has 0 saturated heterocycles. The number of aromatic nitrogens is 4. The van der Waals surface area contributed by atoms with Crippen LogP contribution in [0.3, 0.4) is 0 Å². The number of nitrogens with zero attached hydrogens (tertiary/aromatic N) is 2. The molecule has 8 bridgehead atoms. The summed E-state index contributed by atoms with van der Waals surface area (Å²) in [6, 6.07) is 26.9. The van der Waals surface area contributed by atoms with Crippen LogP contribution >= 0.6 is 15.9 Å². The Morgan fingerprint density at radius 3 is 1.88 bits per heavy atom. The van der Waals surface area contributed by atoms with E-state index in [2.05, 4.69) is 74.4 Å². The zero-order chi connectivity index (χ0) is 20.8. The van der Waals surface area contributed by atoms with Gasteiger partial charge in [0.1, 0.15) is 0 Å². The van der Waals surface area contributed by atoms with E-state index >= 15 is 0 Å². The van der Waals surface area contributed by atoms with Crippen molar-refractivity contribution in [2.75, 3.05) is 0 Å². The quantitative estimate of drug-likeness (QED) is 0.208. The van der Waals surface area contributed by atoms with Gasteiger partial charge in [-0.25, -0.2) is 9.97 Å². The molecule has 158 valence electrons. The molecule has 5 heterocycles. The van der Waals surface area contributed by atoms with Crippen LogP contribution in [-0.2, 0) is 21.1 Å². The predicted octanol–water partition coefficient (Wildman–Crippen LogP) is 6.79. The second-order valence-electron chi connectivity index (χ2n) is 7.55. The van der Waals surface area contributed by atoms with E-state index in [4.69, 9.17) is 9.97 Å². The number of aromatic amines is 2. The van der Waals surface area contributed by atoms with E-state index in [1.54, 1.807) is 0 Å². The van der Waals surface area contributed by atoms with Crippen LogP contribution in [0.5, 0.6) is 0 Å². The van der Waals surface area contributed by atoms with Crippen LogP contribution < -0.4 is 0 Å². The minimum Gasteiger partial charge on any atom is -0.355 e. The number of hydrogen-bond donors (Lipinski definition) is 2. The van der Waals surface area contributed by atoms with Crippen molar-refractivity contribution in [1.82, 2.24) is 19.9 Å². The summed E-state index contributed by atoms with van der Waals surface area (Å²) in [6.07, 6.45) is 4.04. The van der Waals surface area contributed by atoms with Gasteiger partial charge in [-0.05, 0) is 82.2 Å². The van der Waals surface area contributed by atoms with E-state index in [9.17, 15) is 0 Å². The Balaban J connectivity index is 0.00000216. The van der Waals surface area contributed by atoms with Gasteiger partial charge in [-0.15, -0.1) is 0 Å². The maximum absolute atomic E-state index is 4.95. The number of fused-ring (bicyclic) bond motifs is 8. The first-order valence-corrected chi connectivity index (χ1v) is 10.8. The monoisotopic (exact) mass is 659 g/mol. The number of nitrogens with one attached hydrogen (secondary N) is 2. The van der Waals surface area contributed by atoms with Crippen molar-refractivity contribution in [2.45, 2.75) is 0 Å². The van der Waals surface area contributed by atoms with Gasteiger partial charge in [-0.2, -0.15) is 0 Å². The summed E-state index contributed by atoms with van der Waals surface area (Å²) in [5, 5.41) is 0. The molecule has 0 atom stereocenters. The Morgan fingerprint density at radius 2 is 1.19 bits per heavy atom. The molecule has 32 heavy (non-hydrogen) atoms. The van der Waals surface area contributed by atoms with Gasteiger partial charge >= 0.3 is 0 Å². The van der Waals surface area contributed by atoms with E-state index in [0.717, 1.165) is 60.5 Å². The summed E-state index contributed by atoms with van der Waals surface area (Å²) < 4.78 is 0.967. The molecular weight excluding hydrogens is 643 g/mol. The third kappa shape index (κ3) is 3.94. The molecule has 3 aromatic heterocycles. The van der Waals surface area contributed by atoms with Gasteiger partial charge in [0.05, 0.1) is 27.3 Å². The van der Waals surface area contributed by atoms with Crippen molar-refractivity contribution in [3.05, 3.63) is 107 Å². The maximum Gasteiger partial charge on any atom is 0.0807 e. The summed E-state index contributed by atoms with van der Waals surface area (Å²) in [5.74, 6) is 0. The summed E-state index contributed by atoms with van der Waals surface area (Å²) in [5.41, 5.74) is 9.82. The Morgan fingerprint density at radius 1 is 0.594 bits per heavy atom. The van der Waals surface area contributed by atoms with Crippen molar-refractivity contribution < 1.29 is 21.1 Å². The van der Waals surface area contributed by atoms with Crippen LogP contribution in [0, 0.1) is 0 Å². The zero-order valence-corrected chi connectivity index (χ0v) is 20.6. The normalized spacial score (nSPS) is 12.7. The van der Waals surface area contributed by atoms with Gasteiger partial charge in [0.2, 0.25) is 0 Å². The first-order chi connectivity index (χ1) is 15.2. The maximum atomic E-state index is 4.95. The Labute approximate surface area is 207 Å². The van der Waals surface area contributed by atoms with Gasteiger partial charge in [0.15, 0.2) is 0 Å². The average Bonchev–Trinajstić information content (AvgIpc) is 3.55. The fourth-order valence-corrected chi connectivity index (χ4v) is 4.56. The number of benzene rings is 1. The molecular formula is C26H17BrN4Pt. The summed E-state index contributed by atoms with van der Waals surface area (Å²) in [4.78, 5) is 16.6. The van der Waals surface area contributed by atoms with Gasteiger partial charge in [-0.1, -0.05) is 30.3 Å². The zero-order valence-electron chi connectivity index (χ0n) is 16.7. The van der Waals surface area contributed by atoms with Crippen LogP contribution in [0.15, 0.2) is 78.9 Å². The standard InChI is InChI=1S/C26H17BrN4.Pt/c27-26-24-15-22-11-9-20(30-22)13-18-7-6-17(28-18)12-19-8-10-21(29-19)14-23(31-24)25(26)16-4-2-1-3-5-16;/h1-15,28-29H;. The minimum atomic E-state index is 0. The second-order valence-corrected chi connectivity index (χ2v) is 8.34. The first kappa shape index (κ1) is 20.9. The third-order valence-corrected chi connectivity index (χ3v) is 6.14. The molecule has 0 saturated carbocycles. The second kappa shape index (κ2) is 8.49. The SMILES string of the molecule is BrC1=C(c2ccccc2)c2cc3ccc(cc4ccc(cc5nc(cc1n2)C=C5)[nH]4)[nH]3.[Pt]. The van der Waals surface area contributed by atoms with Crippen molar-refractivity contribution in [1.29, 1.82) is 0 Å². The van der Waals surface area contributed by atoms with E-state index < -0.39 is 0 Å². The van der Waals surface area contributed by atoms with Crippen LogP contribution in [0.25, 0.3) is 44.3 Å². The average molecular weight is 660 g/mol. The molecule has 6 heteroatoms. The van der Waals surface area contributed by atoms with Crippen LogP contribution in [-0.4, -0.2) is 19.9 Å². The Bertz CT molecular complexity index is 1540. The molecule has 0 amide bonds. The summed E-state index contributed by atoms with van der Waals surface area (Å²) in [7, 11) is 0. The van der Waals surface area contributed by atoms with E-state index in [-0.39, 0.29) is 21.1 Å². The van der Waals surface area contributed by atoms with Gasteiger partial charge in [-0.3, -0.25) is 0 Å². The molecule has 4 nitrogen and oxygen atoms in total. The van der Waals surface area contributed by atoms with Crippen LogP contribution in [0.4, 0.5) is 0 Å². The molecule has 2 N–H and O–H groups in total. The van der Waals surface area contributed by atoms with E-state index in [1.165, 1.54) is 0 Å². The van der Waals surface area contributed by atoms with Crippen LogP contribution in [0.1, 0.15) is 28.3 Å².